The lowest BCUT2D eigenvalue weighted by Crippen LogP contribution is -2.55. The highest BCUT2D eigenvalue weighted by atomic mass is 16.3. The third-order valence-electron chi connectivity index (χ3n) is 4.85. The molecule has 3 atom stereocenters. The van der Waals surface area contributed by atoms with Crippen LogP contribution in [0.5, 0.6) is 0 Å². The third kappa shape index (κ3) is 2.12. The Morgan fingerprint density at radius 3 is 2.81 bits per heavy atom. The lowest BCUT2D eigenvalue weighted by atomic mass is 9.82. The molecule has 2 N–H and O–H groups in total. The van der Waals surface area contributed by atoms with Crippen LogP contribution in [0.3, 0.4) is 0 Å². The Labute approximate surface area is 123 Å². The van der Waals surface area contributed by atoms with Gasteiger partial charge in [0.25, 0.3) is 5.91 Å². The van der Waals surface area contributed by atoms with Crippen molar-refractivity contribution in [2.45, 2.75) is 50.3 Å². The zero-order valence-electron chi connectivity index (χ0n) is 11.8. The summed E-state index contributed by atoms with van der Waals surface area (Å²) in [5.41, 5.74) is 2.48. The second-order valence-electron chi connectivity index (χ2n) is 6.21. The molecule has 3 heterocycles. The average molecular weight is 285 g/mol. The van der Waals surface area contributed by atoms with Crippen LogP contribution < -0.4 is 0 Å². The topological polar surface area (TPSA) is 69.2 Å². The summed E-state index contributed by atoms with van der Waals surface area (Å²) >= 11 is 0. The van der Waals surface area contributed by atoms with Crippen molar-refractivity contribution in [3.8, 4) is 0 Å². The number of imidazole rings is 1. The molecule has 0 spiro atoms. The fourth-order valence-corrected chi connectivity index (χ4v) is 3.90. The number of H-pyrrole nitrogens is 1. The smallest absolute Gasteiger partial charge is 0.254 e. The van der Waals surface area contributed by atoms with E-state index in [1.54, 1.807) is 6.33 Å². The molecule has 1 amide bonds. The summed E-state index contributed by atoms with van der Waals surface area (Å²) in [6.45, 7) is 0. The van der Waals surface area contributed by atoms with Gasteiger partial charge in [0.1, 0.15) is 0 Å². The predicted molar refractivity (Wildman–Crippen MR) is 78.9 cm³/mol. The molecule has 2 aliphatic rings. The van der Waals surface area contributed by atoms with Gasteiger partial charge in [0.2, 0.25) is 0 Å². The van der Waals surface area contributed by atoms with Crippen LogP contribution in [0, 0.1) is 0 Å². The molecule has 4 rings (SSSR count). The summed E-state index contributed by atoms with van der Waals surface area (Å²) in [7, 11) is 0. The molecule has 2 aliphatic heterocycles. The van der Waals surface area contributed by atoms with Crippen molar-refractivity contribution in [3.05, 3.63) is 30.1 Å². The minimum Gasteiger partial charge on any atom is -0.393 e. The number of hydrogen-bond acceptors (Lipinski definition) is 3. The molecule has 2 bridgehead atoms. The molecule has 1 aromatic carbocycles. The van der Waals surface area contributed by atoms with Crippen LogP contribution in [-0.4, -0.2) is 44.1 Å². The number of hydrogen-bond donors (Lipinski definition) is 2. The number of aromatic amines is 1. The minimum atomic E-state index is -0.251. The maximum Gasteiger partial charge on any atom is 0.254 e. The van der Waals surface area contributed by atoms with E-state index in [1.807, 2.05) is 23.1 Å². The van der Waals surface area contributed by atoms with Gasteiger partial charge in [0.15, 0.2) is 0 Å². The van der Waals surface area contributed by atoms with Crippen LogP contribution in [0.1, 0.15) is 42.5 Å². The number of aliphatic hydroxyl groups is 1. The Balaban J connectivity index is 1.66. The van der Waals surface area contributed by atoms with Crippen molar-refractivity contribution < 1.29 is 9.90 Å². The van der Waals surface area contributed by atoms with Crippen LogP contribution in [-0.2, 0) is 0 Å². The Kier molecular flexibility index (Phi) is 2.96. The van der Waals surface area contributed by atoms with E-state index in [1.165, 1.54) is 0 Å². The van der Waals surface area contributed by atoms with E-state index in [0.29, 0.717) is 18.4 Å². The Hall–Kier alpha value is -1.88. The summed E-state index contributed by atoms with van der Waals surface area (Å²) in [6.07, 6.45) is 6.00. The molecule has 110 valence electrons. The third-order valence-corrected chi connectivity index (χ3v) is 4.85. The Morgan fingerprint density at radius 1 is 1.29 bits per heavy atom. The number of nitrogens with one attached hydrogen (secondary N) is 1. The fraction of sp³-hybridized carbons (Fsp3) is 0.500. The van der Waals surface area contributed by atoms with Crippen LogP contribution in [0.15, 0.2) is 24.5 Å². The summed E-state index contributed by atoms with van der Waals surface area (Å²) in [4.78, 5) is 22.2. The van der Waals surface area contributed by atoms with Gasteiger partial charge in [-0.1, -0.05) is 0 Å². The van der Waals surface area contributed by atoms with Crippen LogP contribution in [0.2, 0.25) is 0 Å². The van der Waals surface area contributed by atoms with E-state index in [0.717, 1.165) is 30.3 Å². The molecule has 5 nitrogen and oxygen atoms in total. The number of aliphatic hydroxyl groups excluding tert-OH is 1. The number of aromatic nitrogens is 2. The summed E-state index contributed by atoms with van der Waals surface area (Å²) < 4.78 is 0. The number of fused-ring (bicyclic) bond motifs is 3. The SMILES string of the molecule is O=C(c1ccc2nc[nH]c2c1)N1[C@@H]2CCC[C@H]1CC(O)C2. The first-order valence-electron chi connectivity index (χ1n) is 7.66. The number of rotatable bonds is 1. The average Bonchev–Trinajstić information content (AvgIpc) is 2.93. The lowest BCUT2D eigenvalue weighted by molar-refractivity contribution is -0.0150. The first-order chi connectivity index (χ1) is 10.2. The Morgan fingerprint density at radius 2 is 2.05 bits per heavy atom. The second-order valence-corrected chi connectivity index (χ2v) is 6.21. The number of piperidine rings is 2. The molecule has 2 aromatic rings. The molecule has 1 unspecified atom stereocenters. The lowest BCUT2D eigenvalue weighted by Gasteiger charge is -2.47. The van der Waals surface area contributed by atoms with Crippen LogP contribution in [0.25, 0.3) is 11.0 Å². The van der Waals surface area contributed by atoms with Gasteiger partial charge in [-0.15, -0.1) is 0 Å². The molecular weight excluding hydrogens is 266 g/mol. The predicted octanol–water partition coefficient (Wildman–Crippen LogP) is 2.08. The monoisotopic (exact) mass is 285 g/mol. The first kappa shape index (κ1) is 12.8. The molecule has 2 fully saturated rings. The highest BCUT2D eigenvalue weighted by Crippen LogP contribution is 2.35. The van der Waals surface area contributed by atoms with Crippen LogP contribution >= 0.6 is 0 Å². The normalized spacial score (nSPS) is 28.8. The van der Waals surface area contributed by atoms with E-state index < -0.39 is 0 Å². The molecule has 2 saturated heterocycles. The van der Waals surface area contributed by atoms with Gasteiger partial charge in [-0.25, -0.2) is 4.98 Å². The number of amides is 1. The largest absolute Gasteiger partial charge is 0.393 e. The Bertz CT molecular complexity index is 667. The summed E-state index contributed by atoms with van der Waals surface area (Å²) in [6, 6.07) is 6.00. The molecule has 21 heavy (non-hydrogen) atoms. The fourth-order valence-electron chi connectivity index (χ4n) is 3.90. The van der Waals surface area contributed by atoms with Crippen molar-refractivity contribution in [2.75, 3.05) is 0 Å². The highest BCUT2D eigenvalue weighted by Gasteiger charge is 2.40. The van der Waals surface area contributed by atoms with Gasteiger partial charge in [-0.2, -0.15) is 0 Å². The maximum absolute atomic E-state index is 12.9. The highest BCUT2D eigenvalue weighted by molar-refractivity contribution is 5.97. The van der Waals surface area contributed by atoms with E-state index in [4.69, 9.17) is 0 Å². The molecular formula is C16H19N3O2. The maximum atomic E-state index is 12.9. The van der Waals surface area contributed by atoms with Gasteiger partial charge in [-0.05, 0) is 50.3 Å². The van der Waals surface area contributed by atoms with E-state index in [2.05, 4.69) is 9.97 Å². The molecule has 0 radical (unpaired) electrons. The van der Waals surface area contributed by atoms with Gasteiger partial charge >= 0.3 is 0 Å². The van der Waals surface area contributed by atoms with Gasteiger partial charge in [0, 0.05) is 17.6 Å². The minimum absolute atomic E-state index is 0.0908. The quantitative estimate of drug-likeness (QED) is 0.843. The molecule has 1 aromatic heterocycles. The number of benzene rings is 1. The van der Waals surface area contributed by atoms with Crippen molar-refractivity contribution in [2.24, 2.45) is 0 Å². The molecule has 0 aliphatic carbocycles. The number of carbonyl (C=O) groups excluding carboxylic acids is 1. The first-order valence-corrected chi connectivity index (χ1v) is 7.66. The zero-order valence-corrected chi connectivity index (χ0v) is 11.8. The standard InChI is InChI=1S/C16H19N3O2/c20-13-7-11-2-1-3-12(8-13)19(11)16(21)10-4-5-14-15(6-10)18-9-17-14/h4-6,9,11-13,20H,1-3,7-8H2,(H,17,18)/t11-,12+,13?. The number of carbonyl (C=O) groups is 1. The van der Waals surface area contributed by atoms with Crippen LogP contribution in [0.4, 0.5) is 0 Å². The van der Waals surface area contributed by atoms with E-state index in [-0.39, 0.29) is 24.1 Å². The molecule has 5 heteroatoms. The zero-order chi connectivity index (χ0) is 14.4. The van der Waals surface area contributed by atoms with Crippen molar-refractivity contribution in [3.63, 3.8) is 0 Å². The second kappa shape index (κ2) is 4.84. The summed E-state index contributed by atoms with van der Waals surface area (Å²) in [5, 5.41) is 9.95. The van der Waals surface area contributed by atoms with Crippen molar-refractivity contribution in [1.29, 1.82) is 0 Å². The van der Waals surface area contributed by atoms with Gasteiger partial charge in [-0.3, -0.25) is 4.79 Å². The van der Waals surface area contributed by atoms with Gasteiger partial charge < -0.3 is 15.0 Å². The van der Waals surface area contributed by atoms with E-state index >= 15 is 0 Å². The van der Waals surface area contributed by atoms with E-state index in [9.17, 15) is 9.90 Å². The van der Waals surface area contributed by atoms with Crippen molar-refractivity contribution in [1.82, 2.24) is 14.9 Å². The molecule has 0 saturated carbocycles. The summed E-state index contributed by atoms with van der Waals surface area (Å²) in [5.74, 6) is 0.0908. The van der Waals surface area contributed by atoms with Gasteiger partial charge in [0.05, 0.1) is 23.5 Å². The number of nitrogens with zero attached hydrogens (tertiary/aromatic N) is 2. The van der Waals surface area contributed by atoms with Crippen molar-refractivity contribution >= 4 is 16.9 Å².